The molecule has 10 heteroatoms. The van der Waals surface area contributed by atoms with Crippen LogP contribution in [-0.2, 0) is 11.2 Å². The van der Waals surface area contributed by atoms with Crippen molar-refractivity contribution in [1.82, 2.24) is 15.5 Å². The molecule has 3 amide bonds. The molecule has 0 saturated carbocycles. The van der Waals surface area contributed by atoms with Gasteiger partial charge in [0, 0.05) is 38.5 Å². The second-order valence-corrected chi connectivity index (χ2v) is 9.19. The Morgan fingerprint density at radius 1 is 1.11 bits per heavy atom. The number of aliphatic hydroxyl groups is 1. The molecule has 1 aliphatic heterocycles. The second kappa shape index (κ2) is 12.6. The lowest BCUT2D eigenvalue weighted by Crippen LogP contribution is -2.49. The molecule has 1 unspecified atom stereocenters. The number of nitrogens with zero attached hydrogens (tertiary/aromatic N) is 1. The topological polar surface area (TPSA) is 90.9 Å². The van der Waals surface area contributed by atoms with Gasteiger partial charge in [0.15, 0.2) is 0 Å². The minimum absolute atomic E-state index is 0.0705. The van der Waals surface area contributed by atoms with E-state index in [0.717, 1.165) is 11.6 Å². The Morgan fingerprint density at radius 3 is 2.50 bits per heavy atom. The average Bonchev–Trinajstić information content (AvgIpc) is 2.80. The normalized spacial score (nSPS) is 18.4. The highest BCUT2D eigenvalue weighted by Gasteiger charge is 2.35. The second-order valence-electron chi connectivity index (χ2n) is 9.19. The minimum atomic E-state index is -0.649. The Bertz CT molecular complexity index is 1050. The lowest BCUT2D eigenvalue weighted by atomic mass is 9.90. The van der Waals surface area contributed by atoms with Crippen LogP contribution in [0.5, 0.6) is 0 Å². The van der Waals surface area contributed by atoms with E-state index in [2.05, 4.69) is 10.6 Å². The number of benzene rings is 2. The van der Waals surface area contributed by atoms with Gasteiger partial charge in [0.05, 0.1) is 12.6 Å². The highest BCUT2D eigenvalue weighted by molar-refractivity contribution is 5.75. The first kappa shape index (κ1) is 27.3. The first-order chi connectivity index (χ1) is 17.2. The number of carbonyl (C=O) groups excluding carboxylic acids is 2. The fourth-order valence-electron chi connectivity index (χ4n) is 4.51. The largest absolute Gasteiger partial charge is 0.446 e. The Morgan fingerprint density at radius 2 is 1.83 bits per heavy atom. The molecule has 0 aliphatic carbocycles. The number of aliphatic hydroxyl groups excluding tert-OH is 1. The number of nitrogens with one attached hydrogen (secondary N) is 2. The molecule has 0 bridgehead atoms. The van der Waals surface area contributed by atoms with Crippen molar-refractivity contribution in [1.29, 1.82) is 0 Å². The Kier molecular flexibility index (Phi) is 9.58. The van der Waals surface area contributed by atoms with Gasteiger partial charge in [-0.25, -0.2) is 22.8 Å². The molecule has 3 atom stereocenters. The van der Waals surface area contributed by atoms with Crippen molar-refractivity contribution in [3.63, 3.8) is 0 Å². The summed E-state index contributed by atoms with van der Waals surface area (Å²) in [5.74, 6) is -1.76. The molecule has 2 aromatic carbocycles. The fraction of sp³-hybridized carbons (Fsp3) is 0.462. The number of aryl methyl sites for hydroxylation is 1. The summed E-state index contributed by atoms with van der Waals surface area (Å²) in [6.07, 6.45) is 0.00129. The number of piperidine rings is 1. The molecular formula is C26H32F3N3O4. The van der Waals surface area contributed by atoms with E-state index < -0.39 is 29.9 Å². The molecule has 3 N–H and O–H groups in total. The van der Waals surface area contributed by atoms with E-state index in [4.69, 9.17) is 9.84 Å². The maximum Gasteiger partial charge on any atom is 0.407 e. The lowest BCUT2D eigenvalue weighted by Gasteiger charge is -2.40. The monoisotopic (exact) mass is 507 g/mol. The number of rotatable bonds is 8. The van der Waals surface area contributed by atoms with Crippen LogP contribution in [0.3, 0.4) is 0 Å². The first-order valence-corrected chi connectivity index (χ1v) is 12.0. The van der Waals surface area contributed by atoms with E-state index in [-0.39, 0.29) is 37.5 Å². The average molecular weight is 508 g/mol. The van der Waals surface area contributed by atoms with Crippen molar-refractivity contribution < 1.29 is 32.6 Å². The van der Waals surface area contributed by atoms with Gasteiger partial charge in [0.1, 0.15) is 23.6 Å². The number of amides is 3. The predicted molar refractivity (Wildman–Crippen MR) is 128 cm³/mol. The number of hydrogen-bond donors (Lipinski definition) is 3. The smallest absolute Gasteiger partial charge is 0.407 e. The summed E-state index contributed by atoms with van der Waals surface area (Å²) >= 11 is 0. The third-order valence-corrected chi connectivity index (χ3v) is 6.17. The number of halogens is 3. The SMILES string of the molecule is Cc1cc(F)ccc1[C@H]1C[C@@H](OC(=O)NCCO)CCN1C(=O)NCC(C)Cc1cc(F)cc(F)c1. The zero-order chi connectivity index (χ0) is 26.2. The molecule has 3 rings (SSSR count). The fourth-order valence-corrected chi connectivity index (χ4v) is 4.51. The minimum Gasteiger partial charge on any atom is -0.446 e. The van der Waals surface area contributed by atoms with Gasteiger partial charge in [-0.2, -0.15) is 0 Å². The van der Waals surface area contributed by atoms with Crippen LogP contribution in [0.4, 0.5) is 22.8 Å². The van der Waals surface area contributed by atoms with E-state index in [1.165, 1.54) is 24.3 Å². The summed E-state index contributed by atoms with van der Waals surface area (Å²) in [5, 5.41) is 14.2. The van der Waals surface area contributed by atoms with E-state index in [1.54, 1.807) is 17.9 Å². The molecular weight excluding hydrogens is 475 g/mol. The number of ether oxygens (including phenoxy) is 1. The molecule has 196 valence electrons. The van der Waals surface area contributed by atoms with Crippen molar-refractivity contribution in [2.75, 3.05) is 26.2 Å². The van der Waals surface area contributed by atoms with Crippen LogP contribution in [0, 0.1) is 30.3 Å². The first-order valence-electron chi connectivity index (χ1n) is 12.0. The van der Waals surface area contributed by atoms with Gasteiger partial charge >= 0.3 is 12.1 Å². The van der Waals surface area contributed by atoms with E-state index in [0.29, 0.717) is 36.9 Å². The number of alkyl carbamates (subject to hydrolysis) is 1. The summed E-state index contributed by atoms with van der Waals surface area (Å²) in [4.78, 5) is 26.8. The zero-order valence-electron chi connectivity index (χ0n) is 20.4. The van der Waals surface area contributed by atoms with Crippen LogP contribution < -0.4 is 10.6 Å². The molecule has 7 nitrogen and oxygen atoms in total. The van der Waals surface area contributed by atoms with Crippen molar-refractivity contribution in [2.45, 2.75) is 45.3 Å². The summed E-state index contributed by atoms with van der Waals surface area (Å²) in [6.45, 7) is 4.07. The third kappa shape index (κ3) is 7.61. The van der Waals surface area contributed by atoms with Crippen molar-refractivity contribution in [2.24, 2.45) is 5.92 Å². The summed E-state index contributed by atoms with van der Waals surface area (Å²) < 4.78 is 46.2. The van der Waals surface area contributed by atoms with Gasteiger partial charge < -0.3 is 25.4 Å². The van der Waals surface area contributed by atoms with Gasteiger partial charge in [-0.3, -0.25) is 0 Å². The number of likely N-dealkylation sites (tertiary alicyclic amines) is 1. The summed E-state index contributed by atoms with van der Waals surface area (Å²) in [7, 11) is 0. The Hall–Kier alpha value is -3.27. The number of hydrogen-bond acceptors (Lipinski definition) is 4. The molecule has 0 aromatic heterocycles. The summed E-state index contributed by atoms with van der Waals surface area (Å²) in [6, 6.07) is 6.93. The van der Waals surface area contributed by atoms with Crippen LogP contribution >= 0.6 is 0 Å². The Balaban J connectivity index is 1.67. The van der Waals surface area contributed by atoms with Crippen LogP contribution in [0.15, 0.2) is 36.4 Å². The lowest BCUT2D eigenvalue weighted by molar-refractivity contribution is 0.0348. The van der Waals surface area contributed by atoms with E-state index in [9.17, 15) is 22.8 Å². The van der Waals surface area contributed by atoms with Gasteiger partial charge in [-0.15, -0.1) is 0 Å². The Labute approximate surface area is 208 Å². The highest BCUT2D eigenvalue weighted by atomic mass is 19.1. The maximum absolute atomic E-state index is 13.7. The zero-order valence-corrected chi connectivity index (χ0v) is 20.4. The van der Waals surface area contributed by atoms with Gasteiger partial charge in [0.2, 0.25) is 0 Å². The van der Waals surface area contributed by atoms with Crippen LogP contribution in [0.25, 0.3) is 0 Å². The van der Waals surface area contributed by atoms with E-state index in [1.807, 2.05) is 6.92 Å². The highest BCUT2D eigenvalue weighted by Crippen LogP contribution is 2.34. The maximum atomic E-state index is 13.7. The molecule has 0 radical (unpaired) electrons. The molecule has 0 spiro atoms. The molecule has 2 aromatic rings. The van der Waals surface area contributed by atoms with Gasteiger partial charge in [0.25, 0.3) is 0 Å². The molecule has 1 fully saturated rings. The van der Waals surface area contributed by atoms with Crippen molar-refractivity contribution >= 4 is 12.1 Å². The van der Waals surface area contributed by atoms with Crippen molar-refractivity contribution in [3.8, 4) is 0 Å². The number of carbonyl (C=O) groups is 2. The number of urea groups is 1. The third-order valence-electron chi connectivity index (χ3n) is 6.17. The molecule has 1 saturated heterocycles. The molecule has 36 heavy (non-hydrogen) atoms. The summed E-state index contributed by atoms with van der Waals surface area (Å²) in [5.41, 5.74) is 1.93. The van der Waals surface area contributed by atoms with Crippen LogP contribution in [0.2, 0.25) is 0 Å². The van der Waals surface area contributed by atoms with Crippen LogP contribution in [0.1, 0.15) is 42.5 Å². The quantitative estimate of drug-likeness (QED) is 0.499. The van der Waals surface area contributed by atoms with Crippen LogP contribution in [-0.4, -0.2) is 54.5 Å². The molecule has 1 heterocycles. The molecule has 1 aliphatic rings. The standard InChI is InChI=1S/C26H32F3N3O4/c1-16(9-18-11-20(28)13-21(29)12-18)15-31-25(34)32-7-5-22(36-26(35)30-6-8-33)14-24(32)23-4-3-19(27)10-17(23)2/h3-4,10-13,16,22,24,33H,5-9,14-15H2,1-2H3,(H,30,35)(H,31,34)/t16?,22-,24+/m0/s1. The van der Waals surface area contributed by atoms with E-state index >= 15 is 0 Å². The van der Waals surface area contributed by atoms with Crippen molar-refractivity contribution in [3.05, 3.63) is 70.5 Å². The van der Waals surface area contributed by atoms with Gasteiger partial charge in [-0.05, 0) is 60.2 Å². The van der Waals surface area contributed by atoms with Gasteiger partial charge in [-0.1, -0.05) is 13.0 Å². The predicted octanol–water partition coefficient (Wildman–Crippen LogP) is 4.22.